The molecular formula is C17H16Cl2N2O2. The Morgan fingerprint density at radius 3 is 2.61 bits per heavy atom. The van der Waals surface area contributed by atoms with Crippen LogP contribution in [0.4, 0.5) is 0 Å². The number of benzene rings is 2. The van der Waals surface area contributed by atoms with Crippen LogP contribution >= 0.6 is 23.2 Å². The molecule has 0 fully saturated rings. The van der Waals surface area contributed by atoms with Gasteiger partial charge in [-0.05, 0) is 36.2 Å². The molecule has 6 heteroatoms. The lowest BCUT2D eigenvalue weighted by atomic mass is 10.2. The summed E-state index contributed by atoms with van der Waals surface area (Å²) in [5.74, 6) is 0.285. The fourth-order valence-electron chi connectivity index (χ4n) is 1.78. The van der Waals surface area contributed by atoms with Crippen LogP contribution in [0, 0.1) is 0 Å². The van der Waals surface area contributed by atoms with E-state index in [1.54, 1.807) is 18.2 Å². The lowest BCUT2D eigenvalue weighted by molar-refractivity contribution is -0.123. The Kier molecular flexibility index (Phi) is 6.44. The number of rotatable bonds is 6. The van der Waals surface area contributed by atoms with Crippen LogP contribution in [0.3, 0.4) is 0 Å². The minimum atomic E-state index is -0.356. The minimum Gasteiger partial charge on any atom is -0.484 e. The first-order valence-corrected chi connectivity index (χ1v) is 7.82. The lowest BCUT2D eigenvalue weighted by Crippen LogP contribution is -2.24. The third kappa shape index (κ3) is 5.58. The largest absolute Gasteiger partial charge is 0.484 e. The molecule has 0 spiro atoms. The normalized spacial score (nSPS) is 10.7. The maximum Gasteiger partial charge on any atom is 0.277 e. The van der Waals surface area contributed by atoms with Gasteiger partial charge in [-0.3, -0.25) is 4.79 Å². The van der Waals surface area contributed by atoms with E-state index in [2.05, 4.69) is 17.5 Å². The van der Waals surface area contributed by atoms with Crippen LogP contribution in [0.2, 0.25) is 10.0 Å². The van der Waals surface area contributed by atoms with Gasteiger partial charge in [-0.1, -0.05) is 48.3 Å². The monoisotopic (exact) mass is 350 g/mol. The molecule has 2 rings (SSSR count). The van der Waals surface area contributed by atoms with E-state index in [0.29, 0.717) is 21.4 Å². The number of hydrogen-bond acceptors (Lipinski definition) is 3. The molecule has 0 atom stereocenters. The molecule has 0 heterocycles. The second-order valence-corrected chi connectivity index (χ2v) is 5.59. The van der Waals surface area contributed by atoms with Crippen LogP contribution < -0.4 is 10.2 Å². The van der Waals surface area contributed by atoms with Gasteiger partial charge in [0.15, 0.2) is 6.61 Å². The SMILES string of the molecule is CCc1ccc(OCC(=O)N/N=C/c2ccc(Cl)cc2Cl)cc1. The third-order valence-corrected chi connectivity index (χ3v) is 3.62. The fraction of sp³-hybridized carbons (Fsp3) is 0.176. The number of carbonyl (C=O) groups excluding carboxylic acids is 1. The zero-order valence-corrected chi connectivity index (χ0v) is 14.1. The van der Waals surface area contributed by atoms with Crippen molar-refractivity contribution in [2.24, 2.45) is 5.10 Å². The summed E-state index contributed by atoms with van der Waals surface area (Å²) in [4.78, 5) is 11.7. The molecule has 0 saturated carbocycles. The van der Waals surface area contributed by atoms with Crippen molar-refractivity contribution in [3.63, 3.8) is 0 Å². The quantitative estimate of drug-likeness (QED) is 0.630. The number of aryl methyl sites for hydroxylation is 1. The number of ether oxygens (including phenoxy) is 1. The summed E-state index contributed by atoms with van der Waals surface area (Å²) in [7, 11) is 0. The molecule has 0 radical (unpaired) electrons. The van der Waals surface area contributed by atoms with Gasteiger partial charge in [-0.2, -0.15) is 5.10 Å². The molecule has 0 saturated heterocycles. The highest BCUT2D eigenvalue weighted by Crippen LogP contribution is 2.19. The van der Waals surface area contributed by atoms with Crippen molar-refractivity contribution in [3.8, 4) is 5.75 Å². The van der Waals surface area contributed by atoms with Gasteiger partial charge >= 0.3 is 0 Å². The number of carbonyl (C=O) groups is 1. The van der Waals surface area contributed by atoms with Gasteiger partial charge in [0.2, 0.25) is 0 Å². The summed E-state index contributed by atoms with van der Waals surface area (Å²) >= 11 is 11.8. The summed E-state index contributed by atoms with van der Waals surface area (Å²) in [6.45, 7) is 1.96. The number of nitrogens with zero attached hydrogens (tertiary/aromatic N) is 1. The maximum absolute atomic E-state index is 11.7. The number of nitrogens with one attached hydrogen (secondary N) is 1. The van der Waals surface area contributed by atoms with E-state index < -0.39 is 0 Å². The van der Waals surface area contributed by atoms with Crippen molar-refractivity contribution in [2.75, 3.05) is 6.61 Å². The van der Waals surface area contributed by atoms with Crippen LogP contribution in [0.1, 0.15) is 18.1 Å². The van der Waals surface area contributed by atoms with E-state index in [9.17, 15) is 4.79 Å². The summed E-state index contributed by atoms with van der Waals surface area (Å²) in [5, 5.41) is 4.84. The molecule has 0 aliphatic heterocycles. The molecule has 0 unspecified atom stereocenters. The maximum atomic E-state index is 11.7. The lowest BCUT2D eigenvalue weighted by Gasteiger charge is -2.05. The molecule has 1 N–H and O–H groups in total. The Morgan fingerprint density at radius 1 is 1.22 bits per heavy atom. The number of hydrogen-bond donors (Lipinski definition) is 1. The zero-order chi connectivity index (χ0) is 16.7. The molecule has 2 aromatic carbocycles. The third-order valence-electron chi connectivity index (χ3n) is 3.06. The summed E-state index contributed by atoms with van der Waals surface area (Å²) in [6.07, 6.45) is 2.41. The van der Waals surface area contributed by atoms with Crippen LogP contribution in [-0.4, -0.2) is 18.7 Å². The molecule has 0 aliphatic rings. The Morgan fingerprint density at radius 2 is 1.96 bits per heavy atom. The van der Waals surface area contributed by atoms with Gasteiger partial charge in [0.05, 0.1) is 11.2 Å². The van der Waals surface area contributed by atoms with Gasteiger partial charge in [0.1, 0.15) is 5.75 Å². The standard InChI is InChI=1S/C17H16Cl2N2O2/c1-2-12-3-7-15(8-4-12)23-11-17(22)21-20-10-13-5-6-14(18)9-16(13)19/h3-10H,2,11H2,1H3,(H,21,22)/b20-10+. The Balaban J connectivity index is 1.81. The van der Waals surface area contributed by atoms with E-state index in [4.69, 9.17) is 27.9 Å². The van der Waals surface area contributed by atoms with E-state index >= 15 is 0 Å². The van der Waals surface area contributed by atoms with Crippen LogP contribution in [0.5, 0.6) is 5.75 Å². The molecule has 2 aromatic rings. The molecule has 23 heavy (non-hydrogen) atoms. The Bertz CT molecular complexity index is 700. The first-order valence-electron chi connectivity index (χ1n) is 7.07. The van der Waals surface area contributed by atoms with E-state index in [1.165, 1.54) is 11.8 Å². The Labute approximate surface area is 145 Å². The van der Waals surface area contributed by atoms with E-state index in [1.807, 2.05) is 24.3 Å². The van der Waals surface area contributed by atoms with Gasteiger partial charge < -0.3 is 4.74 Å². The number of amides is 1. The fourth-order valence-corrected chi connectivity index (χ4v) is 2.24. The van der Waals surface area contributed by atoms with Crippen LogP contribution in [-0.2, 0) is 11.2 Å². The van der Waals surface area contributed by atoms with Crippen molar-refractivity contribution in [1.29, 1.82) is 0 Å². The van der Waals surface area contributed by atoms with E-state index in [0.717, 1.165) is 6.42 Å². The van der Waals surface area contributed by atoms with Gasteiger partial charge in [-0.25, -0.2) is 5.43 Å². The van der Waals surface area contributed by atoms with Crippen molar-refractivity contribution < 1.29 is 9.53 Å². The number of halogens is 2. The van der Waals surface area contributed by atoms with E-state index in [-0.39, 0.29) is 12.5 Å². The van der Waals surface area contributed by atoms with Crippen molar-refractivity contribution in [2.45, 2.75) is 13.3 Å². The Hall–Kier alpha value is -2.04. The highest BCUT2D eigenvalue weighted by molar-refractivity contribution is 6.36. The summed E-state index contributed by atoms with van der Waals surface area (Å²) in [6, 6.07) is 12.6. The molecule has 0 aliphatic carbocycles. The highest BCUT2D eigenvalue weighted by atomic mass is 35.5. The van der Waals surface area contributed by atoms with Crippen molar-refractivity contribution in [3.05, 3.63) is 63.6 Å². The first kappa shape index (κ1) is 17.3. The zero-order valence-electron chi connectivity index (χ0n) is 12.6. The predicted octanol–water partition coefficient (Wildman–Crippen LogP) is 4.08. The van der Waals surface area contributed by atoms with Gasteiger partial charge in [-0.15, -0.1) is 0 Å². The molecular weight excluding hydrogens is 335 g/mol. The van der Waals surface area contributed by atoms with Crippen LogP contribution in [0.15, 0.2) is 47.6 Å². The minimum absolute atomic E-state index is 0.114. The van der Waals surface area contributed by atoms with Crippen LogP contribution in [0.25, 0.3) is 0 Å². The molecule has 1 amide bonds. The second kappa shape index (κ2) is 8.56. The second-order valence-electron chi connectivity index (χ2n) is 4.75. The average Bonchev–Trinajstić information content (AvgIpc) is 2.55. The smallest absolute Gasteiger partial charge is 0.277 e. The molecule has 4 nitrogen and oxygen atoms in total. The molecule has 0 bridgehead atoms. The highest BCUT2D eigenvalue weighted by Gasteiger charge is 2.02. The van der Waals surface area contributed by atoms with Crippen molar-refractivity contribution in [1.82, 2.24) is 5.43 Å². The topological polar surface area (TPSA) is 50.7 Å². The van der Waals surface area contributed by atoms with Gasteiger partial charge in [0, 0.05) is 10.6 Å². The first-order chi connectivity index (χ1) is 11.1. The van der Waals surface area contributed by atoms with Crippen molar-refractivity contribution >= 4 is 35.3 Å². The number of hydrazone groups is 1. The molecule has 120 valence electrons. The average molecular weight is 351 g/mol. The summed E-state index contributed by atoms with van der Waals surface area (Å²) in [5.41, 5.74) is 4.25. The summed E-state index contributed by atoms with van der Waals surface area (Å²) < 4.78 is 5.38. The predicted molar refractivity (Wildman–Crippen MR) is 93.5 cm³/mol. The van der Waals surface area contributed by atoms with Gasteiger partial charge in [0.25, 0.3) is 5.91 Å². The molecule has 0 aromatic heterocycles.